The first-order valence-electron chi connectivity index (χ1n) is 10.6. The van der Waals surface area contributed by atoms with Crippen molar-refractivity contribution in [2.24, 2.45) is 0 Å². The van der Waals surface area contributed by atoms with E-state index in [1.165, 1.54) is 0 Å². The van der Waals surface area contributed by atoms with Gasteiger partial charge in [0.1, 0.15) is 11.5 Å². The Morgan fingerprint density at radius 2 is 1.73 bits per heavy atom. The molecule has 2 amide bonds. The largest absolute Gasteiger partial charge is 0.494 e. The van der Waals surface area contributed by atoms with E-state index in [2.05, 4.69) is 10.6 Å². The average molecular weight is 411 g/mol. The lowest BCUT2D eigenvalue weighted by Crippen LogP contribution is -2.30. The number of hydrogen-bond acceptors (Lipinski definition) is 4. The van der Waals surface area contributed by atoms with Gasteiger partial charge < -0.3 is 20.1 Å². The number of para-hydroxylation sites is 1. The first-order valence-corrected chi connectivity index (χ1v) is 10.6. The van der Waals surface area contributed by atoms with E-state index in [0.717, 1.165) is 36.1 Å². The normalized spacial score (nSPS) is 12.8. The zero-order chi connectivity index (χ0) is 21.2. The standard InChI is InChI=1S/C24H30N2O4/c1-2-29-22-6-4-3-5-19(22)9-14-23(27)25-16-15-18-7-12-21(13-8-18)30-17-24(28)26-20-10-11-20/h3-8,12-13,20H,2,9-11,14-17H2,1H3,(H,25,27)(H,26,28). The van der Waals surface area contributed by atoms with E-state index in [1.807, 2.05) is 55.5 Å². The van der Waals surface area contributed by atoms with Crippen LogP contribution in [0, 0.1) is 0 Å². The van der Waals surface area contributed by atoms with Gasteiger partial charge in [-0.15, -0.1) is 0 Å². The third kappa shape index (κ3) is 7.43. The second-order valence-electron chi connectivity index (χ2n) is 7.42. The molecule has 2 N–H and O–H groups in total. The van der Waals surface area contributed by atoms with Crippen LogP contribution in [0.4, 0.5) is 0 Å². The van der Waals surface area contributed by atoms with Gasteiger partial charge in [0, 0.05) is 19.0 Å². The van der Waals surface area contributed by atoms with E-state index in [9.17, 15) is 9.59 Å². The molecule has 0 bridgehead atoms. The zero-order valence-electron chi connectivity index (χ0n) is 17.5. The molecule has 0 atom stereocenters. The highest BCUT2D eigenvalue weighted by Crippen LogP contribution is 2.20. The van der Waals surface area contributed by atoms with E-state index in [4.69, 9.17) is 9.47 Å². The monoisotopic (exact) mass is 410 g/mol. The van der Waals surface area contributed by atoms with Crippen LogP contribution in [0.15, 0.2) is 48.5 Å². The molecule has 1 aliphatic rings. The van der Waals surface area contributed by atoms with Gasteiger partial charge in [0.15, 0.2) is 6.61 Å². The summed E-state index contributed by atoms with van der Waals surface area (Å²) in [5, 5.41) is 5.86. The average Bonchev–Trinajstić information content (AvgIpc) is 3.57. The quantitative estimate of drug-likeness (QED) is 0.564. The summed E-state index contributed by atoms with van der Waals surface area (Å²) in [5.41, 5.74) is 2.16. The molecule has 3 rings (SSSR count). The lowest BCUT2D eigenvalue weighted by molar-refractivity contribution is -0.123. The molecular weight excluding hydrogens is 380 g/mol. The molecule has 0 unspecified atom stereocenters. The minimum atomic E-state index is -0.0758. The topological polar surface area (TPSA) is 76.7 Å². The first kappa shape index (κ1) is 21.7. The summed E-state index contributed by atoms with van der Waals surface area (Å²) in [7, 11) is 0. The van der Waals surface area contributed by atoms with Crippen LogP contribution in [0.2, 0.25) is 0 Å². The molecule has 30 heavy (non-hydrogen) atoms. The van der Waals surface area contributed by atoms with Crippen LogP contribution in [-0.4, -0.2) is 37.6 Å². The van der Waals surface area contributed by atoms with Gasteiger partial charge >= 0.3 is 0 Å². The Kier molecular flexibility index (Phi) is 8.12. The summed E-state index contributed by atoms with van der Waals surface area (Å²) in [6.45, 7) is 3.18. The van der Waals surface area contributed by atoms with Gasteiger partial charge in [-0.1, -0.05) is 30.3 Å². The van der Waals surface area contributed by atoms with Gasteiger partial charge in [-0.2, -0.15) is 0 Å². The fraction of sp³-hybridized carbons (Fsp3) is 0.417. The lowest BCUT2D eigenvalue weighted by atomic mass is 10.1. The van der Waals surface area contributed by atoms with E-state index in [0.29, 0.717) is 37.8 Å². The molecule has 0 heterocycles. The Morgan fingerprint density at radius 1 is 0.967 bits per heavy atom. The summed E-state index contributed by atoms with van der Waals surface area (Å²) in [5.74, 6) is 1.47. The summed E-state index contributed by atoms with van der Waals surface area (Å²) in [6.07, 6.45) is 3.96. The maximum atomic E-state index is 12.1. The minimum Gasteiger partial charge on any atom is -0.494 e. The van der Waals surface area contributed by atoms with E-state index in [-0.39, 0.29) is 18.4 Å². The number of carbonyl (C=O) groups is 2. The van der Waals surface area contributed by atoms with Crippen molar-refractivity contribution in [3.8, 4) is 11.5 Å². The lowest BCUT2D eigenvalue weighted by Gasteiger charge is -2.10. The number of hydrogen-bond donors (Lipinski definition) is 2. The van der Waals surface area contributed by atoms with Crippen molar-refractivity contribution in [2.45, 2.75) is 45.1 Å². The van der Waals surface area contributed by atoms with Crippen LogP contribution in [0.25, 0.3) is 0 Å². The van der Waals surface area contributed by atoms with Gasteiger partial charge in [0.25, 0.3) is 5.91 Å². The van der Waals surface area contributed by atoms with E-state index in [1.54, 1.807) is 0 Å². The van der Waals surface area contributed by atoms with Crippen molar-refractivity contribution >= 4 is 11.8 Å². The van der Waals surface area contributed by atoms with Crippen LogP contribution >= 0.6 is 0 Å². The number of amides is 2. The van der Waals surface area contributed by atoms with Crippen LogP contribution in [0.5, 0.6) is 11.5 Å². The molecule has 0 aliphatic heterocycles. The summed E-state index contributed by atoms with van der Waals surface area (Å²) < 4.78 is 11.1. The van der Waals surface area contributed by atoms with Crippen LogP contribution in [-0.2, 0) is 22.4 Å². The second-order valence-corrected chi connectivity index (χ2v) is 7.42. The number of benzene rings is 2. The molecule has 2 aromatic carbocycles. The second kappa shape index (κ2) is 11.2. The zero-order valence-corrected chi connectivity index (χ0v) is 17.5. The van der Waals surface area contributed by atoms with Crippen molar-refractivity contribution in [3.05, 3.63) is 59.7 Å². The van der Waals surface area contributed by atoms with Crippen LogP contribution in [0.3, 0.4) is 0 Å². The van der Waals surface area contributed by atoms with E-state index < -0.39 is 0 Å². The third-order valence-electron chi connectivity index (χ3n) is 4.87. The Balaban J connectivity index is 1.33. The molecular formula is C24H30N2O4. The van der Waals surface area contributed by atoms with Crippen LogP contribution < -0.4 is 20.1 Å². The maximum absolute atomic E-state index is 12.1. The fourth-order valence-corrected chi connectivity index (χ4v) is 3.09. The van der Waals surface area contributed by atoms with Crippen molar-refractivity contribution in [3.63, 3.8) is 0 Å². The number of aryl methyl sites for hydroxylation is 1. The van der Waals surface area contributed by atoms with Crippen molar-refractivity contribution in [1.82, 2.24) is 10.6 Å². The van der Waals surface area contributed by atoms with Crippen molar-refractivity contribution in [2.75, 3.05) is 19.8 Å². The fourth-order valence-electron chi connectivity index (χ4n) is 3.09. The molecule has 6 nitrogen and oxygen atoms in total. The Bertz CT molecular complexity index is 831. The molecule has 2 aromatic rings. The highest BCUT2D eigenvalue weighted by Gasteiger charge is 2.23. The molecule has 0 spiro atoms. The number of rotatable bonds is 12. The Labute approximate surface area is 178 Å². The smallest absolute Gasteiger partial charge is 0.258 e. The van der Waals surface area contributed by atoms with Gasteiger partial charge in [0.05, 0.1) is 6.61 Å². The molecule has 1 saturated carbocycles. The molecule has 1 fully saturated rings. The molecule has 6 heteroatoms. The highest BCUT2D eigenvalue weighted by molar-refractivity contribution is 5.78. The maximum Gasteiger partial charge on any atom is 0.258 e. The van der Waals surface area contributed by atoms with Gasteiger partial charge in [-0.25, -0.2) is 0 Å². The van der Waals surface area contributed by atoms with Crippen molar-refractivity contribution < 1.29 is 19.1 Å². The Hall–Kier alpha value is -3.02. The summed E-state index contributed by atoms with van der Waals surface area (Å²) in [6, 6.07) is 15.8. The number of ether oxygens (including phenoxy) is 2. The molecule has 0 radical (unpaired) electrons. The molecule has 0 aromatic heterocycles. The summed E-state index contributed by atoms with van der Waals surface area (Å²) in [4.78, 5) is 23.8. The predicted octanol–water partition coefficient (Wildman–Crippen LogP) is 3.03. The minimum absolute atomic E-state index is 0.0305. The SMILES string of the molecule is CCOc1ccccc1CCC(=O)NCCc1ccc(OCC(=O)NC2CC2)cc1. The molecule has 160 valence electrons. The summed E-state index contributed by atoms with van der Waals surface area (Å²) >= 11 is 0. The van der Waals surface area contributed by atoms with E-state index >= 15 is 0 Å². The Morgan fingerprint density at radius 3 is 2.47 bits per heavy atom. The molecule has 1 aliphatic carbocycles. The van der Waals surface area contributed by atoms with Gasteiger partial charge in [0.2, 0.25) is 5.91 Å². The van der Waals surface area contributed by atoms with Crippen molar-refractivity contribution in [1.29, 1.82) is 0 Å². The third-order valence-corrected chi connectivity index (χ3v) is 4.87. The first-order chi connectivity index (χ1) is 14.6. The number of nitrogens with one attached hydrogen (secondary N) is 2. The highest BCUT2D eigenvalue weighted by atomic mass is 16.5. The number of carbonyl (C=O) groups excluding carboxylic acids is 2. The predicted molar refractivity (Wildman–Crippen MR) is 116 cm³/mol. The van der Waals surface area contributed by atoms with Gasteiger partial charge in [-0.05, 0) is 61.9 Å². The van der Waals surface area contributed by atoms with Gasteiger partial charge in [-0.3, -0.25) is 9.59 Å². The van der Waals surface area contributed by atoms with Crippen LogP contribution in [0.1, 0.15) is 37.3 Å². The molecule has 0 saturated heterocycles.